The van der Waals surface area contributed by atoms with Gasteiger partial charge >= 0.3 is 0 Å². The lowest BCUT2D eigenvalue weighted by molar-refractivity contribution is 0.365. The van der Waals surface area contributed by atoms with Crippen LogP contribution >= 0.6 is 0 Å². The van der Waals surface area contributed by atoms with Gasteiger partial charge in [0.2, 0.25) is 0 Å². The van der Waals surface area contributed by atoms with Gasteiger partial charge in [0.05, 0.1) is 11.7 Å². The average Bonchev–Trinajstić information content (AvgIpc) is 2.85. The normalized spacial score (nSPS) is 19.6. The van der Waals surface area contributed by atoms with Gasteiger partial charge in [0.1, 0.15) is 0 Å². The minimum Gasteiger partial charge on any atom is -0.309 e. The molecule has 3 nitrogen and oxygen atoms in total. The minimum atomic E-state index is 0.471. The largest absolute Gasteiger partial charge is 0.309 e. The summed E-state index contributed by atoms with van der Waals surface area (Å²) >= 11 is 0. The molecule has 0 aromatic carbocycles. The molecule has 0 bridgehead atoms. The number of hydrogen-bond acceptors (Lipinski definition) is 2. The predicted molar refractivity (Wildman–Crippen MR) is 61.6 cm³/mol. The number of nitrogens with one attached hydrogen (secondary N) is 1. The summed E-state index contributed by atoms with van der Waals surface area (Å²) in [5.74, 6) is 0.792. The van der Waals surface area contributed by atoms with Crippen LogP contribution in [0.5, 0.6) is 0 Å². The summed E-state index contributed by atoms with van der Waals surface area (Å²) in [7, 11) is 1.99. The maximum absolute atomic E-state index is 4.53. The zero-order valence-corrected chi connectivity index (χ0v) is 9.74. The van der Waals surface area contributed by atoms with E-state index in [-0.39, 0.29) is 0 Å². The quantitative estimate of drug-likeness (QED) is 0.820. The summed E-state index contributed by atoms with van der Waals surface area (Å²) in [5, 5.41) is 8.11. The first-order valence-electron chi connectivity index (χ1n) is 6.04. The molecule has 0 aliphatic heterocycles. The molecule has 0 spiro atoms. The van der Waals surface area contributed by atoms with Gasteiger partial charge in [-0.1, -0.05) is 19.8 Å². The smallest absolute Gasteiger partial charge is 0.0796 e. The molecular weight excluding hydrogens is 186 g/mol. The molecule has 1 aromatic heterocycles. The van der Waals surface area contributed by atoms with E-state index in [1.54, 1.807) is 0 Å². The molecule has 1 aromatic rings. The molecule has 1 saturated carbocycles. The first kappa shape index (κ1) is 10.7. The molecule has 0 amide bonds. The number of rotatable bonds is 4. The first-order chi connectivity index (χ1) is 7.31. The van der Waals surface area contributed by atoms with Gasteiger partial charge in [-0.2, -0.15) is 5.10 Å². The molecule has 0 radical (unpaired) electrons. The Hall–Kier alpha value is -0.830. The van der Waals surface area contributed by atoms with Crippen molar-refractivity contribution in [1.29, 1.82) is 0 Å². The van der Waals surface area contributed by atoms with E-state index in [0.29, 0.717) is 6.04 Å². The minimum absolute atomic E-state index is 0.471. The van der Waals surface area contributed by atoms with E-state index < -0.39 is 0 Å². The number of aromatic nitrogens is 2. The van der Waals surface area contributed by atoms with E-state index >= 15 is 0 Å². The number of hydrogen-bond donors (Lipinski definition) is 1. The van der Waals surface area contributed by atoms with Gasteiger partial charge in [0.25, 0.3) is 0 Å². The van der Waals surface area contributed by atoms with Crippen LogP contribution in [0.4, 0.5) is 0 Å². The third kappa shape index (κ3) is 2.40. The highest BCUT2D eigenvalue weighted by Gasteiger charge is 2.26. The van der Waals surface area contributed by atoms with Gasteiger partial charge < -0.3 is 5.32 Å². The molecule has 2 rings (SSSR count). The Balaban J connectivity index is 2.11. The topological polar surface area (TPSA) is 29.9 Å². The molecule has 1 N–H and O–H groups in total. The molecule has 0 saturated heterocycles. The van der Waals surface area contributed by atoms with Gasteiger partial charge in [-0.15, -0.1) is 0 Å². The summed E-state index contributed by atoms with van der Waals surface area (Å²) in [6.07, 6.45) is 7.52. The number of nitrogens with zero attached hydrogens (tertiary/aromatic N) is 2. The van der Waals surface area contributed by atoms with Crippen LogP contribution in [0, 0.1) is 5.92 Å². The van der Waals surface area contributed by atoms with Gasteiger partial charge in [-0.05, 0) is 31.4 Å². The second-order valence-electron chi connectivity index (χ2n) is 4.49. The Bertz CT molecular complexity index is 300. The molecule has 1 aliphatic carbocycles. The van der Waals surface area contributed by atoms with Crippen LogP contribution in [-0.2, 0) is 7.05 Å². The third-order valence-corrected chi connectivity index (χ3v) is 3.35. The summed E-state index contributed by atoms with van der Waals surface area (Å²) in [5.41, 5.74) is 1.21. The fourth-order valence-corrected chi connectivity index (χ4v) is 2.62. The molecule has 15 heavy (non-hydrogen) atoms. The van der Waals surface area contributed by atoms with Crippen molar-refractivity contribution in [3.05, 3.63) is 18.0 Å². The maximum atomic E-state index is 4.53. The van der Waals surface area contributed by atoms with Crippen LogP contribution in [0.15, 0.2) is 12.3 Å². The predicted octanol–water partition coefficient (Wildman–Crippen LogP) is 2.26. The lowest BCUT2D eigenvalue weighted by Crippen LogP contribution is -2.27. The van der Waals surface area contributed by atoms with Crippen LogP contribution in [0.2, 0.25) is 0 Å². The molecule has 1 unspecified atom stereocenters. The van der Waals surface area contributed by atoms with Crippen molar-refractivity contribution in [2.24, 2.45) is 13.0 Å². The summed E-state index contributed by atoms with van der Waals surface area (Å²) in [6.45, 7) is 3.20. The van der Waals surface area contributed by atoms with Gasteiger partial charge in [-0.25, -0.2) is 0 Å². The van der Waals surface area contributed by atoms with E-state index in [2.05, 4.69) is 23.4 Å². The van der Waals surface area contributed by atoms with E-state index in [4.69, 9.17) is 0 Å². The van der Waals surface area contributed by atoms with E-state index in [1.807, 2.05) is 17.9 Å². The fourth-order valence-electron chi connectivity index (χ4n) is 2.62. The number of aryl methyl sites for hydroxylation is 1. The van der Waals surface area contributed by atoms with Crippen molar-refractivity contribution in [2.75, 3.05) is 6.54 Å². The van der Waals surface area contributed by atoms with Gasteiger partial charge in [-0.3, -0.25) is 4.68 Å². The molecule has 3 heteroatoms. The molecular formula is C12H21N3. The molecule has 84 valence electrons. The van der Waals surface area contributed by atoms with Crippen LogP contribution in [0.1, 0.15) is 44.3 Å². The van der Waals surface area contributed by atoms with E-state index in [9.17, 15) is 0 Å². The lowest BCUT2D eigenvalue weighted by Gasteiger charge is -2.22. The second-order valence-corrected chi connectivity index (χ2v) is 4.49. The maximum Gasteiger partial charge on any atom is 0.0796 e. The zero-order valence-electron chi connectivity index (χ0n) is 9.74. The molecule has 1 fully saturated rings. The SMILES string of the molecule is CCNC(c1ccn(C)n1)C1CCCC1. The zero-order chi connectivity index (χ0) is 10.7. The van der Waals surface area contributed by atoms with Crippen LogP contribution in [0.25, 0.3) is 0 Å². The fraction of sp³-hybridized carbons (Fsp3) is 0.750. The first-order valence-corrected chi connectivity index (χ1v) is 6.04. The van der Waals surface area contributed by atoms with E-state index in [0.717, 1.165) is 12.5 Å². The van der Waals surface area contributed by atoms with Crippen molar-refractivity contribution in [2.45, 2.75) is 38.6 Å². The van der Waals surface area contributed by atoms with Gasteiger partial charge in [0.15, 0.2) is 0 Å². The summed E-state index contributed by atoms with van der Waals surface area (Å²) in [6, 6.07) is 2.62. The van der Waals surface area contributed by atoms with Crippen molar-refractivity contribution >= 4 is 0 Å². The second kappa shape index (κ2) is 4.79. The third-order valence-electron chi connectivity index (χ3n) is 3.35. The van der Waals surface area contributed by atoms with Crippen LogP contribution < -0.4 is 5.32 Å². The lowest BCUT2D eigenvalue weighted by atomic mass is 9.95. The van der Waals surface area contributed by atoms with Crippen LogP contribution in [0.3, 0.4) is 0 Å². The standard InChI is InChI=1S/C12H21N3/c1-3-13-12(10-6-4-5-7-10)11-8-9-15(2)14-11/h8-10,12-13H,3-7H2,1-2H3. The molecule has 1 heterocycles. The van der Waals surface area contributed by atoms with Crippen molar-refractivity contribution in [3.8, 4) is 0 Å². The van der Waals surface area contributed by atoms with Crippen molar-refractivity contribution < 1.29 is 0 Å². The molecule has 1 atom stereocenters. The Labute approximate surface area is 91.9 Å². The van der Waals surface area contributed by atoms with Crippen molar-refractivity contribution in [3.63, 3.8) is 0 Å². The highest BCUT2D eigenvalue weighted by Crippen LogP contribution is 2.34. The van der Waals surface area contributed by atoms with E-state index in [1.165, 1.54) is 31.4 Å². The van der Waals surface area contributed by atoms with Crippen LogP contribution in [-0.4, -0.2) is 16.3 Å². The van der Waals surface area contributed by atoms with Crippen molar-refractivity contribution in [1.82, 2.24) is 15.1 Å². The Morgan fingerprint density at radius 1 is 1.53 bits per heavy atom. The highest BCUT2D eigenvalue weighted by atomic mass is 15.3. The van der Waals surface area contributed by atoms with Gasteiger partial charge in [0, 0.05) is 13.2 Å². The monoisotopic (exact) mass is 207 g/mol. The summed E-state index contributed by atoms with van der Waals surface area (Å²) < 4.78 is 1.90. The average molecular weight is 207 g/mol. The summed E-state index contributed by atoms with van der Waals surface area (Å²) in [4.78, 5) is 0. The highest BCUT2D eigenvalue weighted by molar-refractivity contribution is 5.07. The molecule has 1 aliphatic rings. The Morgan fingerprint density at radius 2 is 2.27 bits per heavy atom. The Morgan fingerprint density at radius 3 is 2.80 bits per heavy atom. The Kier molecular flexibility index (Phi) is 3.41.